The fraction of sp³-hybridized carbons (Fsp3) is 0.615. The van der Waals surface area contributed by atoms with E-state index in [1.54, 1.807) is 26.6 Å². The predicted octanol–water partition coefficient (Wildman–Crippen LogP) is 2.02. The molecule has 0 amide bonds. The van der Waals surface area contributed by atoms with Crippen LogP contribution in [0.1, 0.15) is 24.9 Å². The van der Waals surface area contributed by atoms with Crippen LogP contribution >= 0.6 is 0 Å². The van der Waals surface area contributed by atoms with E-state index in [9.17, 15) is 0 Å². The summed E-state index contributed by atoms with van der Waals surface area (Å²) >= 11 is 0. The summed E-state index contributed by atoms with van der Waals surface area (Å²) in [7, 11) is 5.37. The van der Waals surface area contributed by atoms with Gasteiger partial charge in [0.05, 0.1) is 13.3 Å². The molecule has 17 heavy (non-hydrogen) atoms. The van der Waals surface area contributed by atoms with Gasteiger partial charge in [0.1, 0.15) is 5.75 Å². The minimum absolute atomic E-state index is 0.253. The Morgan fingerprint density at radius 2 is 2.18 bits per heavy atom. The van der Waals surface area contributed by atoms with Gasteiger partial charge in [0, 0.05) is 31.5 Å². The topological polar surface area (TPSA) is 43.4 Å². The van der Waals surface area contributed by atoms with Gasteiger partial charge in [0.15, 0.2) is 0 Å². The van der Waals surface area contributed by atoms with E-state index in [-0.39, 0.29) is 6.04 Å². The third kappa shape index (κ3) is 3.68. The van der Waals surface area contributed by atoms with Crippen molar-refractivity contribution >= 4 is 0 Å². The van der Waals surface area contributed by atoms with Crippen LogP contribution in [-0.4, -0.2) is 32.9 Å². The second-order valence-corrected chi connectivity index (χ2v) is 4.14. The summed E-state index contributed by atoms with van der Waals surface area (Å²) in [6.07, 6.45) is 4.56. The Kier molecular flexibility index (Phi) is 5.94. The van der Waals surface area contributed by atoms with E-state index in [0.29, 0.717) is 5.92 Å². The molecular weight excluding hydrogens is 216 g/mol. The molecule has 0 aromatic carbocycles. The van der Waals surface area contributed by atoms with Gasteiger partial charge in [-0.3, -0.25) is 4.98 Å². The summed E-state index contributed by atoms with van der Waals surface area (Å²) in [6, 6.07) is 2.26. The summed E-state index contributed by atoms with van der Waals surface area (Å²) in [6.45, 7) is 2.98. The number of pyridine rings is 1. The first-order chi connectivity index (χ1) is 8.24. The van der Waals surface area contributed by atoms with E-state index >= 15 is 0 Å². The van der Waals surface area contributed by atoms with E-state index in [2.05, 4.69) is 17.2 Å². The van der Waals surface area contributed by atoms with Gasteiger partial charge in [-0.1, -0.05) is 6.92 Å². The minimum atomic E-state index is 0.253. The highest BCUT2D eigenvalue weighted by Gasteiger charge is 2.20. The van der Waals surface area contributed by atoms with E-state index in [4.69, 9.17) is 9.47 Å². The third-order valence-corrected chi connectivity index (χ3v) is 3.03. The number of nitrogens with one attached hydrogen (secondary N) is 1. The second-order valence-electron chi connectivity index (χ2n) is 4.14. The Morgan fingerprint density at radius 3 is 2.76 bits per heavy atom. The maximum absolute atomic E-state index is 5.35. The maximum atomic E-state index is 5.35. The Labute approximate surface area is 103 Å². The van der Waals surface area contributed by atoms with E-state index in [1.807, 2.05) is 13.1 Å². The quantitative estimate of drug-likeness (QED) is 0.789. The predicted molar refractivity (Wildman–Crippen MR) is 68.2 cm³/mol. The second kappa shape index (κ2) is 7.25. The van der Waals surface area contributed by atoms with Crippen molar-refractivity contribution in [3.63, 3.8) is 0 Å². The van der Waals surface area contributed by atoms with Gasteiger partial charge in [-0.15, -0.1) is 0 Å². The van der Waals surface area contributed by atoms with E-state index < -0.39 is 0 Å². The van der Waals surface area contributed by atoms with Crippen LogP contribution in [0.3, 0.4) is 0 Å². The third-order valence-electron chi connectivity index (χ3n) is 3.03. The molecule has 0 bridgehead atoms. The van der Waals surface area contributed by atoms with E-state index in [1.165, 1.54) is 0 Å². The molecule has 4 nitrogen and oxygen atoms in total. The first kappa shape index (κ1) is 13.9. The van der Waals surface area contributed by atoms with Crippen molar-refractivity contribution in [1.82, 2.24) is 10.3 Å². The molecule has 0 saturated carbocycles. The highest BCUT2D eigenvalue weighted by Crippen LogP contribution is 2.30. The Hall–Kier alpha value is -1.13. The molecule has 0 aliphatic heterocycles. The standard InChI is InChI=1S/C13H22N2O2/c1-10(6-8-16-3)13(14-2)11-5-7-15-9-12(11)17-4/h5,7,9-10,13-14H,6,8H2,1-4H3. The van der Waals surface area contributed by atoms with Gasteiger partial charge in [0.2, 0.25) is 0 Å². The molecule has 1 rings (SSSR count). The van der Waals surface area contributed by atoms with Crippen molar-refractivity contribution < 1.29 is 9.47 Å². The zero-order valence-corrected chi connectivity index (χ0v) is 11.1. The molecule has 0 fully saturated rings. The molecule has 0 radical (unpaired) electrons. The first-order valence-corrected chi connectivity index (χ1v) is 5.88. The van der Waals surface area contributed by atoms with Gasteiger partial charge in [-0.05, 0) is 25.5 Å². The van der Waals surface area contributed by atoms with Gasteiger partial charge in [0.25, 0.3) is 0 Å². The number of hydrogen-bond acceptors (Lipinski definition) is 4. The average molecular weight is 238 g/mol. The van der Waals surface area contributed by atoms with Crippen molar-refractivity contribution in [2.24, 2.45) is 5.92 Å². The average Bonchev–Trinajstić information content (AvgIpc) is 2.37. The molecule has 1 aromatic rings. The van der Waals surface area contributed by atoms with Crippen LogP contribution in [0.4, 0.5) is 0 Å². The first-order valence-electron chi connectivity index (χ1n) is 5.88. The van der Waals surface area contributed by atoms with Crippen molar-refractivity contribution in [1.29, 1.82) is 0 Å². The molecule has 0 aliphatic carbocycles. The van der Waals surface area contributed by atoms with Crippen LogP contribution in [0.2, 0.25) is 0 Å². The van der Waals surface area contributed by atoms with Crippen LogP contribution in [0.25, 0.3) is 0 Å². The summed E-state index contributed by atoms with van der Waals surface area (Å²) < 4.78 is 10.5. The highest BCUT2D eigenvalue weighted by molar-refractivity contribution is 5.33. The normalized spacial score (nSPS) is 14.4. The fourth-order valence-electron chi connectivity index (χ4n) is 2.04. The zero-order chi connectivity index (χ0) is 12.7. The monoisotopic (exact) mass is 238 g/mol. The number of aromatic nitrogens is 1. The molecule has 0 spiro atoms. The SMILES string of the molecule is CNC(c1ccncc1OC)C(C)CCOC. The molecule has 96 valence electrons. The van der Waals surface area contributed by atoms with Crippen molar-refractivity contribution in [2.75, 3.05) is 27.9 Å². The van der Waals surface area contributed by atoms with Gasteiger partial charge < -0.3 is 14.8 Å². The number of rotatable bonds is 7. The van der Waals surface area contributed by atoms with Crippen molar-refractivity contribution in [3.05, 3.63) is 24.0 Å². The highest BCUT2D eigenvalue weighted by atomic mass is 16.5. The van der Waals surface area contributed by atoms with E-state index in [0.717, 1.165) is 24.3 Å². The van der Waals surface area contributed by atoms with Crippen LogP contribution in [-0.2, 0) is 4.74 Å². The summed E-state index contributed by atoms with van der Waals surface area (Å²) in [5.41, 5.74) is 1.15. The lowest BCUT2D eigenvalue weighted by atomic mass is 9.92. The summed E-state index contributed by atoms with van der Waals surface area (Å²) in [5, 5.41) is 3.34. The van der Waals surface area contributed by atoms with Crippen LogP contribution in [0.15, 0.2) is 18.5 Å². The fourth-order valence-corrected chi connectivity index (χ4v) is 2.04. The minimum Gasteiger partial charge on any atom is -0.495 e. The molecule has 0 saturated heterocycles. The molecule has 2 unspecified atom stereocenters. The Morgan fingerprint density at radius 1 is 1.41 bits per heavy atom. The van der Waals surface area contributed by atoms with Gasteiger partial charge in [-0.2, -0.15) is 0 Å². The lowest BCUT2D eigenvalue weighted by molar-refractivity contribution is 0.171. The van der Waals surface area contributed by atoms with Gasteiger partial charge >= 0.3 is 0 Å². The zero-order valence-electron chi connectivity index (χ0n) is 11.1. The number of methoxy groups -OCH3 is 2. The summed E-state index contributed by atoms with van der Waals surface area (Å²) in [4.78, 5) is 4.08. The van der Waals surface area contributed by atoms with Gasteiger partial charge in [-0.25, -0.2) is 0 Å². The van der Waals surface area contributed by atoms with Crippen molar-refractivity contribution in [3.8, 4) is 5.75 Å². The molecule has 2 atom stereocenters. The smallest absolute Gasteiger partial charge is 0.141 e. The Balaban J connectivity index is 2.84. The summed E-state index contributed by atoms with van der Waals surface area (Å²) in [5.74, 6) is 1.30. The number of hydrogen-bond donors (Lipinski definition) is 1. The van der Waals surface area contributed by atoms with Crippen LogP contribution in [0, 0.1) is 5.92 Å². The maximum Gasteiger partial charge on any atom is 0.141 e. The molecule has 1 heterocycles. The largest absolute Gasteiger partial charge is 0.495 e. The number of ether oxygens (including phenoxy) is 2. The van der Waals surface area contributed by atoms with Crippen LogP contribution in [0.5, 0.6) is 5.75 Å². The molecule has 0 aliphatic rings. The lowest BCUT2D eigenvalue weighted by Crippen LogP contribution is -2.25. The van der Waals surface area contributed by atoms with Crippen molar-refractivity contribution in [2.45, 2.75) is 19.4 Å². The lowest BCUT2D eigenvalue weighted by Gasteiger charge is -2.25. The molecule has 4 heteroatoms. The molecular formula is C13H22N2O2. The molecule has 1 N–H and O–H groups in total. The number of nitrogens with zero attached hydrogens (tertiary/aromatic N) is 1. The molecule has 1 aromatic heterocycles. The Bertz CT molecular complexity index is 331. The van der Waals surface area contributed by atoms with Crippen LogP contribution < -0.4 is 10.1 Å².